The maximum atomic E-state index is 10.4. The predicted octanol–water partition coefficient (Wildman–Crippen LogP) is -0.219. The minimum absolute atomic E-state index is 0.202. The van der Waals surface area contributed by atoms with Crippen LogP contribution in [0.1, 0.15) is 6.42 Å². The van der Waals surface area contributed by atoms with Gasteiger partial charge in [-0.05, 0) is 0 Å². The monoisotopic (exact) mass is 231 g/mol. The van der Waals surface area contributed by atoms with Gasteiger partial charge in [0.25, 0.3) is 0 Å². The molecule has 0 bridgehead atoms. The van der Waals surface area contributed by atoms with Crippen molar-refractivity contribution >= 4 is 28.2 Å². The minimum Gasteiger partial charge on any atom is -0.481 e. The van der Waals surface area contributed by atoms with E-state index >= 15 is 0 Å². The Morgan fingerprint density at radius 2 is 2.60 bits per heavy atom. The van der Waals surface area contributed by atoms with Gasteiger partial charge >= 0.3 is 5.97 Å². The van der Waals surface area contributed by atoms with Crippen molar-refractivity contribution in [1.82, 2.24) is 5.32 Å². The molecule has 0 spiro atoms. The van der Waals surface area contributed by atoms with Gasteiger partial charge in [-0.2, -0.15) is 0 Å². The van der Waals surface area contributed by atoms with E-state index < -0.39 is 16.7 Å². The molecule has 1 heterocycles. The van der Waals surface area contributed by atoms with Gasteiger partial charge in [-0.1, -0.05) is 4.53 Å². The average Bonchev–Trinajstić information content (AvgIpc) is 2.48. The summed E-state index contributed by atoms with van der Waals surface area (Å²) in [5, 5.41) is 12.7. The van der Waals surface area contributed by atoms with E-state index in [1.165, 1.54) is 7.11 Å². The summed E-state index contributed by atoms with van der Waals surface area (Å²) in [6.45, 7) is 0. The normalized spacial score (nSPS) is 19.7. The summed E-state index contributed by atoms with van der Waals surface area (Å²) >= 11 is 0. The Kier molecular flexibility index (Phi) is 4.13. The van der Waals surface area contributed by atoms with Crippen molar-refractivity contribution in [2.45, 2.75) is 6.42 Å². The van der Waals surface area contributed by atoms with Gasteiger partial charge in [0.15, 0.2) is 5.17 Å². The highest BCUT2D eigenvalue weighted by atomic mass is 32.2. The fraction of sp³-hybridized carbons (Fsp3) is 0.286. The number of aliphatic carboxylic acids is 1. The molecule has 0 saturated carbocycles. The van der Waals surface area contributed by atoms with Gasteiger partial charge in [0.1, 0.15) is 0 Å². The van der Waals surface area contributed by atoms with E-state index in [0.717, 1.165) is 0 Å². The number of carboxylic acids is 1. The lowest BCUT2D eigenvalue weighted by Crippen LogP contribution is -2.22. The van der Waals surface area contributed by atoms with Crippen LogP contribution in [0.2, 0.25) is 0 Å². The maximum absolute atomic E-state index is 10.4. The molecule has 0 radical (unpaired) electrons. The molecule has 1 amide bonds. The van der Waals surface area contributed by atoms with Crippen molar-refractivity contribution in [2.75, 3.05) is 7.11 Å². The van der Waals surface area contributed by atoms with Gasteiger partial charge in [-0.3, -0.25) is 9.59 Å². The van der Waals surface area contributed by atoms with Crippen LogP contribution in [0.5, 0.6) is 0 Å². The molecule has 15 heavy (non-hydrogen) atoms. The number of hydrogen-bond acceptors (Lipinski definition) is 5. The van der Waals surface area contributed by atoms with Gasteiger partial charge < -0.3 is 10.4 Å². The fourth-order valence-electron chi connectivity index (χ4n) is 0.905. The lowest BCUT2D eigenvalue weighted by atomic mass is 10.3. The third-order valence-corrected chi connectivity index (χ3v) is 2.77. The molecule has 2 N–H and O–H groups in total. The summed E-state index contributed by atoms with van der Waals surface area (Å²) in [5.74, 6) is -0.988. The Bertz CT molecular complexity index is 374. The van der Waals surface area contributed by atoms with E-state index in [1.54, 1.807) is 5.41 Å². The molecule has 8 heteroatoms. The zero-order valence-corrected chi connectivity index (χ0v) is 8.65. The number of hydrogen-bond donors (Lipinski definition) is 2. The maximum Gasteiger partial charge on any atom is 0.309 e. The van der Waals surface area contributed by atoms with E-state index in [0.29, 0.717) is 17.3 Å². The fourth-order valence-corrected chi connectivity index (χ4v) is 2.06. The second kappa shape index (κ2) is 5.37. The van der Waals surface area contributed by atoms with Crippen molar-refractivity contribution < 1.29 is 19.5 Å². The van der Waals surface area contributed by atoms with Crippen LogP contribution in [0.25, 0.3) is 0 Å². The zero-order chi connectivity index (χ0) is 11.3. The number of nitrogens with one attached hydrogen (secondary N) is 1. The number of aliphatic imine (C=N–C) groups is 1. The van der Waals surface area contributed by atoms with Crippen molar-refractivity contribution in [3.8, 4) is 0 Å². The quantitative estimate of drug-likeness (QED) is 0.516. The topological polar surface area (TPSA) is 100 Å². The molecule has 0 aromatic carbocycles. The lowest BCUT2D eigenvalue weighted by Gasteiger charge is -1.97. The third kappa shape index (κ3) is 3.26. The molecule has 0 aromatic rings. The SMILES string of the molecule is CON=S1C=C(CC(=O)O)N=C1NC=O. The molecule has 82 valence electrons. The first-order chi connectivity index (χ1) is 7.17. The molecule has 1 unspecified atom stereocenters. The van der Waals surface area contributed by atoms with E-state index in [1.807, 2.05) is 0 Å². The number of carbonyl (C=O) groups is 2. The second-order valence-electron chi connectivity index (χ2n) is 2.43. The van der Waals surface area contributed by atoms with Crippen molar-refractivity contribution in [2.24, 2.45) is 9.52 Å². The summed E-state index contributed by atoms with van der Waals surface area (Å²) in [5.41, 5.74) is 0.357. The average molecular weight is 231 g/mol. The second-order valence-corrected chi connectivity index (χ2v) is 3.83. The van der Waals surface area contributed by atoms with E-state index in [-0.39, 0.29) is 6.42 Å². The van der Waals surface area contributed by atoms with Gasteiger partial charge in [0.05, 0.1) is 19.2 Å². The van der Waals surface area contributed by atoms with Crippen molar-refractivity contribution in [1.29, 1.82) is 0 Å². The molecule has 0 aliphatic carbocycles. The Morgan fingerprint density at radius 1 is 1.87 bits per heavy atom. The first-order valence-electron chi connectivity index (χ1n) is 3.86. The molecule has 7 nitrogen and oxygen atoms in total. The number of carbonyl (C=O) groups excluding carboxylic acids is 1. The van der Waals surface area contributed by atoms with Crippen LogP contribution in [0.4, 0.5) is 0 Å². The highest BCUT2D eigenvalue weighted by Crippen LogP contribution is 2.15. The molecule has 0 saturated heterocycles. The van der Waals surface area contributed by atoms with Crippen LogP contribution in [-0.4, -0.2) is 29.8 Å². The molecule has 1 atom stereocenters. The number of amidine groups is 1. The zero-order valence-electron chi connectivity index (χ0n) is 7.84. The predicted molar refractivity (Wildman–Crippen MR) is 53.8 cm³/mol. The summed E-state index contributed by atoms with van der Waals surface area (Å²) < 4.78 is 3.69. The van der Waals surface area contributed by atoms with Crippen molar-refractivity contribution in [3.05, 3.63) is 11.1 Å². The smallest absolute Gasteiger partial charge is 0.309 e. The standard InChI is InChI=1S/C7H9N3O4S/c1-14-10-15-3-5(2-6(12)13)9-7(15)8-4-11/h3-4H,2H2,1H3,(H,12,13)(H,8,9,11). The summed E-state index contributed by atoms with van der Waals surface area (Å²) in [6, 6.07) is 0. The number of amides is 1. The third-order valence-electron chi connectivity index (χ3n) is 1.36. The highest BCUT2D eigenvalue weighted by molar-refractivity contribution is 8.05. The number of rotatable bonds is 4. The largest absolute Gasteiger partial charge is 0.481 e. The molecular formula is C7H9N3O4S. The highest BCUT2D eigenvalue weighted by Gasteiger charge is 2.16. The van der Waals surface area contributed by atoms with E-state index in [2.05, 4.69) is 19.7 Å². The van der Waals surface area contributed by atoms with Gasteiger partial charge in [0.2, 0.25) is 6.41 Å². The number of nitrogens with zero attached hydrogens (tertiary/aromatic N) is 2. The molecule has 1 aliphatic rings. The van der Waals surface area contributed by atoms with Crippen LogP contribution in [0.15, 0.2) is 20.6 Å². The van der Waals surface area contributed by atoms with Gasteiger partial charge in [-0.15, -0.1) is 0 Å². The molecule has 0 fully saturated rings. The van der Waals surface area contributed by atoms with Crippen LogP contribution in [0, 0.1) is 0 Å². The van der Waals surface area contributed by atoms with Gasteiger partial charge in [-0.25, -0.2) is 9.83 Å². The molecule has 1 aliphatic heterocycles. The Labute approximate surface area is 87.9 Å². The Balaban J connectivity index is 2.84. The molecule has 0 aromatic heterocycles. The Hall–Kier alpha value is -1.54. The first kappa shape index (κ1) is 11.5. The summed E-state index contributed by atoms with van der Waals surface area (Å²) in [4.78, 5) is 29.1. The van der Waals surface area contributed by atoms with Crippen LogP contribution in [-0.2, 0) is 25.1 Å². The minimum atomic E-state index is -0.988. The van der Waals surface area contributed by atoms with Gasteiger partial charge in [0, 0.05) is 16.1 Å². The van der Waals surface area contributed by atoms with E-state index in [9.17, 15) is 9.59 Å². The molecular weight excluding hydrogens is 222 g/mol. The van der Waals surface area contributed by atoms with Crippen LogP contribution >= 0.6 is 0 Å². The number of carboxylic acid groups (broad SMARTS) is 1. The lowest BCUT2D eigenvalue weighted by molar-refractivity contribution is -0.136. The van der Waals surface area contributed by atoms with Crippen molar-refractivity contribution in [3.63, 3.8) is 0 Å². The van der Waals surface area contributed by atoms with E-state index in [4.69, 9.17) is 5.11 Å². The first-order valence-corrected chi connectivity index (χ1v) is 5.10. The summed E-state index contributed by atoms with van der Waals surface area (Å²) in [7, 11) is 0.543. The summed E-state index contributed by atoms with van der Waals surface area (Å²) in [6.07, 6.45) is 0.258. The Morgan fingerprint density at radius 3 is 3.13 bits per heavy atom. The van der Waals surface area contributed by atoms with Crippen LogP contribution < -0.4 is 5.32 Å². The van der Waals surface area contributed by atoms with Crippen LogP contribution in [0.3, 0.4) is 0 Å². The molecule has 1 rings (SSSR count).